The summed E-state index contributed by atoms with van der Waals surface area (Å²) in [5.41, 5.74) is 14.4. The molecule has 11 heteroatoms. The average molecular weight is 1100 g/mol. The van der Waals surface area contributed by atoms with Crippen molar-refractivity contribution in [1.82, 2.24) is 21.3 Å². The lowest BCUT2D eigenvalue weighted by atomic mass is 9.52. The number of aromatic hydroxyl groups is 1. The number of ketones is 2. The number of aliphatic hydroxyl groups excluding tert-OH is 2. The van der Waals surface area contributed by atoms with Crippen LogP contribution in [0.2, 0.25) is 0 Å². The number of fused-ring (bicyclic) bond motifs is 4. The Hall–Kier alpha value is -4.88. The maximum absolute atomic E-state index is 14.5. The highest BCUT2D eigenvalue weighted by atomic mass is 16.5. The fourth-order valence-corrected chi connectivity index (χ4v) is 18.2. The first-order chi connectivity index (χ1) is 39.5. The molecule has 5 saturated carbocycles. The van der Waals surface area contributed by atoms with Crippen molar-refractivity contribution in [2.24, 2.45) is 58.0 Å². The van der Waals surface area contributed by atoms with Gasteiger partial charge in [-0.05, 0) is 237 Å². The maximum atomic E-state index is 14.5. The van der Waals surface area contributed by atoms with Gasteiger partial charge in [0.25, 0.3) is 0 Å². The first-order valence-corrected chi connectivity index (χ1v) is 31.8. The molecule has 11 rings (SSSR count). The average Bonchev–Trinajstić information content (AvgIpc) is 3.00. The summed E-state index contributed by atoms with van der Waals surface area (Å²) >= 11 is 0. The third-order valence-corrected chi connectivity index (χ3v) is 21.8. The van der Waals surface area contributed by atoms with Crippen LogP contribution in [0.1, 0.15) is 150 Å². The lowest BCUT2D eigenvalue weighted by molar-refractivity contribution is -0.126. The molecule has 3 aliphatic heterocycles. The second-order valence-electron chi connectivity index (χ2n) is 26.6. The summed E-state index contributed by atoms with van der Waals surface area (Å²) in [5.74, 6) is 3.48. The highest BCUT2D eigenvalue weighted by molar-refractivity contribution is 6.07. The molecule has 1 saturated heterocycles. The van der Waals surface area contributed by atoms with Crippen LogP contribution in [0.5, 0.6) is 11.5 Å². The number of aryl methyl sites for hydroxylation is 3. The molecule has 0 radical (unpaired) electrons. The third-order valence-electron chi connectivity index (χ3n) is 21.8. The summed E-state index contributed by atoms with van der Waals surface area (Å²) in [4.78, 5) is 28.7. The van der Waals surface area contributed by atoms with Crippen LogP contribution in [0.15, 0.2) is 108 Å². The van der Waals surface area contributed by atoms with Crippen LogP contribution in [0.4, 0.5) is 0 Å². The molecule has 5 aliphatic carbocycles. The van der Waals surface area contributed by atoms with Gasteiger partial charge in [-0.3, -0.25) is 9.59 Å². The van der Waals surface area contributed by atoms with E-state index in [0.29, 0.717) is 78.1 Å². The molecule has 3 heterocycles. The quantitative estimate of drug-likeness (QED) is 0.0273. The number of hydrogen-bond acceptors (Lipinski definition) is 11. The van der Waals surface area contributed by atoms with E-state index in [1.54, 1.807) is 12.1 Å². The minimum absolute atomic E-state index is 0.0315. The van der Waals surface area contributed by atoms with Gasteiger partial charge in [-0.25, -0.2) is 0 Å². The van der Waals surface area contributed by atoms with E-state index < -0.39 is 6.61 Å². The van der Waals surface area contributed by atoms with Gasteiger partial charge >= 0.3 is 0 Å². The van der Waals surface area contributed by atoms with Gasteiger partial charge in [0.2, 0.25) is 0 Å². The predicted molar refractivity (Wildman–Crippen MR) is 323 cm³/mol. The van der Waals surface area contributed by atoms with Crippen molar-refractivity contribution in [1.29, 1.82) is 0 Å². The Kier molecular flexibility index (Phi) is 18.8. The molecule has 0 bridgehead atoms. The lowest BCUT2D eigenvalue weighted by Crippen LogP contribution is -2.57. The fraction of sp³-hybridized carbons (Fsp3) is 0.600. The van der Waals surface area contributed by atoms with Crippen LogP contribution in [0, 0.1) is 52.3 Å². The molecule has 3 aromatic rings. The number of phenols is 1. The Bertz CT molecular complexity index is 2780. The standard InChI is InChI=1S/C70H95N5O6/c1-81-64-38-60(53(35-62(64)79)33-54-43-75-67(71)36-51(54)23-21-48-15-10-14-47(30-48)20-19-46-12-4-2-5-13-46)56(45-76)34-58(78)37-57(77)31-49-22-24-65-69(39-49,40-61-59-25-29-72-42-55(59)32-52-18-11-28-73-68(52)61)41-66(70(65)26-8-9-27-70)74-44-63(80)50-16-6-3-7-17-50/h2,4-5,10-15,18,30,34-36,38,43,49-50,52,55,59,61,63,65-68,72-76,79-80H,3,6-9,16-17,19-29,31-33,37,39-42,44-45,71H2,1H3/b56-34+/t49-,52-,55-,59+,61-,63-,65-,66+,67?,68+,69+/m0/s1. The summed E-state index contributed by atoms with van der Waals surface area (Å²) in [5, 5.41) is 49.2. The molecule has 11 atom stereocenters. The van der Waals surface area contributed by atoms with Crippen molar-refractivity contribution in [3.63, 3.8) is 0 Å². The number of hydrogen-bond donors (Lipinski definition) is 8. The minimum atomic E-state index is -0.431. The molecule has 3 aromatic carbocycles. The normalized spacial score (nSPS) is 30.4. The Labute approximate surface area is 483 Å². The molecular formula is C70H95N5O6. The number of benzene rings is 3. The number of nitrogens with one attached hydrogen (secondary N) is 4. The van der Waals surface area contributed by atoms with Gasteiger partial charge in [-0.15, -0.1) is 0 Å². The van der Waals surface area contributed by atoms with Crippen molar-refractivity contribution < 1.29 is 29.6 Å². The molecule has 1 spiro atoms. The Balaban J connectivity index is 0.796. The van der Waals surface area contributed by atoms with E-state index in [9.17, 15) is 24.9 Å². The van der Waals surface area contributed by atoms with Crippen molar-refractivity contribution >= 4 is 17.1 Å². The zero-order chi connectivity index (χ0) is 55.9. The summed E-state index contributed by atoms with van der Waals surface area (Å²) in [6.45, 7) is 3.38. The van der Waals surface area contributed by atoms with Gasteiger partial charge in [-0.2, -0.15) is 0 Å². The summed E-state index contributed by atoms with van der Waals surface area (Å²) in [7, 11) is 1.49. The van der Waals surface area contributed by atoms with Gasteiger partial charge in [0.15, 0.2) is 17.3 Å². The number of aliphatic hydroxyl groups is 2. The predicted octanol–water partition coefficient (Wildman–Crippen LogP) is 10.4. The Morgan fingerprint density at radius 2 is 1.67 bits per heavy atom. The van der Waals surface area contributed by atoms with Gasteiger partial charge in [0.1, 0.15) is 5.78 Å². The number of methoxy groups -OCH3 is 1. The van der Waals surface area contributed by atoms with E-state index in [2.05, 4.69) is 94.1 Å². The second-order valence-corrected chi connectivity index (χ2v) is 26.6. The fourth-order valence-electron chi connectivity index (χ4n) is 18.2. The van der Waals surface area contributed by atoms with Crippen LogP contribution in [0.25, 0.3) is 5.57 Å². The number of piperidine rings is 1. The molecule has 9 N–H and O–H groups in total. The number of rotatable bonds is 22. The zero-order valence-corrected chi connectivity index (χ0v) is 48.5. The largest absolute Gasteiger partial charge is 0.504 e. The molecule has 436 valence electrons. The van der Waals surface area contributed by atoms with Gasteiger partial charge in [-0.1, -0.05) is 98.9 Å². The lowest BCUT2D eigenvalue weighted by Gasteiger charge is -2.55. The number of dihydropyridines is 1. The van der Waals surface area contributed by atoms with Gasteiger partial charge in [0, 0.05) is 37.8 Å². The smallest absolute Gasteiger partial charge is 0.163 e. The molecule has 6 fully saturated rings. The number of ether oxygens (including phenoxy) is 1. The SMILES string of the molecule is COc1cc(/C(=C/C(=O)CC(=O)C[C@@H]2CC[C@@H]3C4(CCCC4)[C@H](NC[C@H](O)C4CCCCC4)C[C@]3(C[C@H]3[C@@H]4CCNC[C@@H]4C[C@@H]4C=CCN[C@@H]34)C2)CO)c(CC2=CNC(N)C=C2CCc2cccc(CCc3ccccc3)c2)cc1O. The van der Waals surface area contributed by atoms with Crippen LogP contribution >= 0.6 is 0 Å². The van der Waals surface area contributed by atoms with E-state index in [0.717, 1.165) is 101 Å². The summed E-state index contributed by atoms with van der Waals surface area (Å²) in [6, 6.07) is 23.6. The van der Waals surface area contributed by atoms with Crippen molar-refractivity contribution in [3.05, 3.63) is 136 Å². The first kappa shape index (κ1) is 57.9. The van der Waals surface area contributed by atoms with E-state index in [4.69, 9.17) is 10.5 Å². The van der Waals surface area contributed by atoms with E-state index in [1.165, 1.54) is 94.1 Å². The summed E-state index contributed by atoms with van der Waals surface area (Å²) in [6.07, 6.45) is 32.7. The highest BCUT2D eigenvalue weighted by Gasteiger charge is 2.64. The number of phenolic OH excluding ortho intramolecular Hbond substituents is 1. The molecule has 1 unspecified atom stereocenters. The number of carbonyl (C=O) groups is 2. The summed E-state index contributed by atoms with van der Waals surface area (Å²) < 4.78 is 5.60. The topological polar surface area (TPSA) is 178 Å². The van der Waals surface area contributed by atoms with Crippen LogP contribution in [-0.4, -0.2) is 91.1 Å². The first-order valence-electron chi connectivity index (χ1n) is 31.8. The minimum Gasteiger partial charge on any atom is -0.504 e. The van der Waals surface area contributed by atoms with Gasteiger partial charge < -0.3 is 47.1 Å². The van der Waals surface area contributed by atoms with Crippen molar-refractivity contribution in [2.45, 2.75) is 172 Å². The molecule has 81 heavy (non-hydrogen) atoms. The van der Waals surface area contributed by atoms with Crippen LogP contribution in [-0.2, 0) is 35.3 Å². The van der Waals surface area contributed by atoms with Gasteiger partial charge in [0.05, 0.1) is 32.4 Å². The van der Waals surface area contributed by atoms with E-state index >= 15 is 0 Å². The molecule has 11 nitrogen and oxygen atoms in total. The number of Topliss-reactive ketones (excluding diaryl/α,β-unsaturated/α-hetero) is 1. The number of carbonyl (C=O) groups excluding carboxylic acids is 2. The van der Waals surface area contributed by atoms with E-state index in [-0.39, 0.29) is 58.5 Å². The van der Waals surface area contributed by atoms with Crippen LogP contribution in [0.3, 0.4) is 0 Å². The Morgan fingerprint density at radius 3 is 2.46 bits per heavy atom. The second kappa shape index (κ2) is 26.4. The Morgan fingerprint density at radius 1 is 0.889 bits per heavy atom. The zero-order valence-electron chi connectivity index (χ0n) is 48.5. The van der Waals surface area contributed by atoms with Crippen molar-refractivity contribution in [2.75, 3.05) is 39.9 Å². The van der Waals surface area contributed by atoms with Crippen molar-refractivity contribution in [3.8, 4) is 11.5 Å². The monoisotopic (exact) mass is 1100 g/mol. The van der Waals surface area contributed by atoms with Crippen LogP contribution < -0.4 is 31.7 Å². The molecule has 8 aliphatic rings. The third kappa shape index (κ3) is 13.2. The van der Waals surface area contributed by atoms with E-state index in [1.807, 2.05) is 6.20 Å². The molecular weight excluding hydrogens is 1010 g/mol. The number of allylic oxidation sites excluding steroid dienone is 3. The maximum Gasteiger partial charge on any atom is 0.163 e. The molecule has 0 aromatic heterocycles. The number of nitrogens with two attached hydrogens (primary N) is 1. The highest BCUT2D eigenvalue weighted by Crippen LogP contribution is 2.69. The molecule has 0 amide bonds.